The van der Waals surface area contributed by atoms with E-state index in [4.69, 9.17) is 9.47 Å². The van der Waals surface area contributed by atoms with E-state index in [-0.39, 0.29) is 11.9 Å². The molecule has 14 heavy (non-hydrogen) atoms. The van der Waals surface area contributed by atoms with Crippen molar-refractivity contribution in [3.8, 4) is 0 Å². The summed E-state index contributed by atoms with van der Waals surface area (Å²) in [5.74, 6) is -1.42. The molecule has 0 aromatic carbocycles. The Morgan fingerprint density at radius 3 is 3.07 bits per heavy atom. The quantitative estimate of drug-likeness (QED) is 0.624. The maximum absolute atomic E-state index is 11.6. The van der Waals surface area contributed by atoms with Crippen molar-refractivity contribution in [3.05, 3.63) is 12.2 Å². The van der Waals surface area contributed by atoms with Gasteiger partial charge in [-0.1, -0.05) is 0 Å². The number of aliphatic hydroxyl groups is 1. The first-order valence-electron chi connectivity index (χ1n) is 4.89. The molecule has 3 unspecified atom stereocenters. The predicted molar refractivity (Wildman–Crippen MR) is 48.4 cm³/mol. The number of carbonyl (C=O) groups is 1. The first-order chi connectivity index (χ1) is 6.62. The van der Waals surface area contributed by atoms with Crippen LogP contribution in [0.1, 0.15) is 26.2 Å². The Hall–Kier alpha value is -0.710. The molecule has 1 spiro atoms. The number of rotatable bonds is 0. The number of aliphatic hydroxyl groups excluding tert-OH is 1. The predicted octanol–water partition coefficient (Wildman–Crippen LogP) is 0.746. The molecule has 1 fully saturated rings. The summed E-state index contributed by atoms with van der Waals surface area (Å²) >= 11 is 0. The first-order valence-corrected chi connectivity index (χ1v) is 4.89. The summed E-state index contributed by atoms with van der Waals surface area (Å²) < 4.78 is 10.7. The molecule has 2 aliphatic heterocycles. The Bertz CT molecular complexity index is 273. The van der Waals surface area contributed by atoms with Crippen molar-refractivity contribution >= 4 is 5.78 Å². The summed E-state index contributed by atoms with van der Waals surface area (Å²) in [6.45, 7) is 1.91. The molecule has 4 heteroatoms. The molecular weight excluding hydrogens is 184 g/mol. The smallest absolute Gasteiger partial charge is 0.235 e. The number of ether oxygens (including phenoxy) is 2. The minimum absolute atomic E-state index is 0.00593. The number of carbonyl (C=O) groups excluding carboxylic acids is 1. The highest BCUT2D eigenvalue weighted by molar-refractivity contribution is 5.96. The van der Waals surface area contributed by atoms with E-state index in [9.17, 15) is 9.90 Å². The molecule has 0 saturated carbocycles. The van der Waals surface area contributed by atoms with Gasteiger partial charge in [0.2, 0.25) is 11.6 Å². The third-order valence-electron chi connectivity index (χ3n) is 2.61. The van der Waals surface area contributed by atoms with Gasteiger partial charge in [0.1, 0.15) is 0 Å². The zero-order chi connectivity index (χ0) is 10.2. The number of hydrogen-bond acceptors (Lipinski definition) is 4. The molecule has 0 aliphatic carbocycles. The van der Waals surface area contributed by atoms with Crippen molar-refractivity contribution in [1.29, 1.82) is 0 Å². The van der Waals surface area contributed by atoms with Gasteiger partial charge in [-0.25, -0.2) is 0 Å². The summed E-state index contributed by atoms with van der Waals surface area (Å²) in [7, 11) is 0. The largest absolute Gasteiger partial charge is 0.365 e. The monoisotopic (exact) mass is 198 g/mol. The van der Waals surface area contributed by atoms with Crippen molar-refractivity contribution in [3.63, 3.8) is 0 Å². The van der Waals surface area contributed by atoms with Gasteiger partial charge in [0.05, 0.1) is 6.10 Å². The van der Waals surface area contributed by atoms with Crippen LogP contribution in [0.25, 0.3) is 0 Å². The molecule has 1 N–H and O–H groups in total. The maximum Gasteiger partial charge on any atom is 0.235 e. The number of ketones is 1. The van der Waals surface area contributed by atoms with E-state index in [0.717, 1.165) is 12.8 Å². The molecule has 4 nitrogen and oxygen atoms in total. The highest BCUT2D eigenvalue weighted by atomic mass is 16.8. The highest BCUT2D eigenvalue weighted by Gasteiger charge is 2.46. The highest BCUT2D eigenvalue weighted by Crippen LogP contribution is 2.33. The van der Waals surface area contributed by atoms with Crippen LogP contribution in [-0.2, 0) is 14.3 Å². The Morgan fingerprint density at radius 1 is 1.57 bits per heavy atom. The molecular formula is C10H14O4. The standard InChI is InChI=1S/C10H14O4/c1-7-3-2-6-10(13-7)8(11)4-5-9(12)14-10/h4-5,7,9,12H,2-3,6H2,1H3. The lowest BCUT2D eigenvalue weighted by molar-refractivity contribution is -0.299. The molecule has 0 aromatic heterocycles. The van der Waals surface area contributed by atoms with Crippen molar-refractivity contribution in [2.24, 2.45) is 0 Å². The van der Waals surface area contributed by atoms with Crippen molar-refractivity contribution in [2.75, 3.05) is 0 Å². The second kappa shape index (κ2) is 3.46. The molecule has 2 heterocycles. The maximum atomic E-state index is 11.6. The summed E-state index contributed by atoms with van der Waals surface area (Å²) in [5.41, 5.74) is 0. The summed E-state index contributed by atoms with van der Waals surface area (Å²) in [6.07, 6.45) is 3.98. The van der Waals surface area contributed by atoms with Gasteiger partial charge in [0.25, 0.3) is 0 Å². The molecule has 3 atom stereocenters. The van der Waals surface area contributed by atoms with Crippen LogP contribution in [0.4, 0.5) is 0 Å². The summed E-state index contributed by atoms with van der Waals surface area (Å²) in [4.78, 5) is 11.6. The van der Waals surface area contributed by atoms with E-state index in [1.807, 2.05) is 6.92 Å². The van der Waals surface area contributed by atoms with Gasteiger partial charge in [-0.2, -0.15) is 0 Å². The Kier molecular flexibility index (Phi) is 2.43. The summed E-state index contributed by atoms with van der Waals surface area (Å²) in [5, 5.41) is 9.29. The van der Waals surface area contributed by atoms with Gasteiger partial charge < -0.3 is 14.6 Å². The van der Waals surface area contributed by atoms with Crippen LogP contribution >= 0.6 is 0 Å². The normalized spacial score (nSPS) is 43.1. The Balaban J connectivity index is 2.21. The lowest BCUT2D eigenvalue weighted by atomic mass is 9.96. The van der Waals surface area contributed by atoms with Gasteiger partial charge >= 0.3 is 0 Å². The van der Waals surface area contributed by atoms with Gasteiger partial charge in [-0.3, -0.25) is 4.79 Å². The van der Waals surface area contributed by atoms with Crippen LogP contribution in [0.5, 0.6) is 0 Å². The zero-order valence-corrected chi connectivity index (χ0v) is 8.10. The van der Waals surface area contributed by atoms with Crippen LogP contribution in [0.3, 0.4) is 0 Å². The average Bonchev–Trinajstić information content (AvgIpc) is 2.12. The van der Waals surface area contributed by atoms with E-state index in [1.165, 1.54) is 12.2 Å². The van der Waals surface area contributed by atoms with E-state index >= 15 is 0 Å². The summed E-state index contributed by atoms with van der Waals surface area (Å²) in [6, 6.07) is 0. The lowest BCUT2D eigenvalue weighted by Crippen LogP contribution is -2.52. The van der Waals surface area contributed by atoms with Crippen LogP contribution < -0.4 is 0 Å². The Morgan fingerprint density at radius 2 is 2.36 bits per heavy atom. The van der Waals surface area contributed by atoms with Gasteiger partial charge in [0.15, 0.2) is 6.29 Å². The second-order valence-corrected chi connectivity index (χ2v) is 3.81. The van der Waals surface area contributed by atoms with E-state index < -0.39 is 12.1 Å². The van der Waals surface area contributed by atoms with Crippen LogP contribution in [-0.4, -0.2) is 29.1 Å². The molecule has 0 aromatic rings. The molecule has 0 bridgehead atoms. The zero-order valence-electron chi connectivity index (χ0n) is 8.10. The average molecular weight is 198 g/mol. The van der Waals surface area contributed by atoms with E-state index in [0.29, 0.717) is 6.42 Å². The van der Waals surface area contributed by atoms with E-state index in [2.05, 4.69) is 0 Å². The third kappa shape index (κ3) is 1.61. The topological polar surface area (TPSA) is 55.8 Å². The molecule has 2 rings (SSSR count). The molecule has 1 saturated heterocycles. The van der Waals surface area contributed by atoms with Crippen molar-refractivity contribution in [1.82, 2.24) is 0 Å². The minimum Gasteiger partial charge on any atom is -0.365 e. The van der Waals surface area contributed by atoms with Gasteiger partial charge in [-0.15, -0.1) is 0 Å². The third-order valence-corrected chi connectivity index (χ3v) is 2.61. The van der Waals surface area contributed by atoms with Crippen molar-refractivity contribution < 1.29 is 19.4 Å². The lowest BCUT2D eigenvalue weighted by Gasteiger charge is -2.40. The van der Waals surface area contributed by atoms with Gasteiger partial charge in [-0.05, 0) is 31.9 Å². The fourth-order valence-corrected chi connectivity index (χ4v) is 1.92. The molecule has 0 amide bonds. The van der Waals surface area contributed by atoms with Crippen molar-refractivity contribution in [2.45, 2.75) is 44.4 Å². The molecule has 2 aliphatic rings. The van der Waals surface area contributed by atoms with E-state index in [1.54, 1.807) is 0 Å². The fourth-order valence-electron chi connectivity index (χ4n) is 1.92. The minimum atomic E-state index is -1.22. The van der Waals surface area contributed by atoms with Crippen LogP contribution in [0.2, 0.25) is 0 Å². The fraction of sp³-hybridized carbons (Fsp3) is 0.700. The molecule has 0 radical (unpaired) electrons. The van der Waals surface area contributed by atoms with Gasteiger partial charge in [0, 0.05) is 6.42 Å². The number of hydrogen-bond donors (Lipinski definition) is 1. The first kappa shape index (κ1) is 9.83. The van der Waals surface area contributed by atoms with Crippen LogP contribution in [0.15, 0.2) is 12.2 Å². The van der Waals surface area contributed by atoms with Crippen LogP contribution in [0, 0.1) is 0 Å². The molecule has 78 valence electrons. The SMILES string of the molecule is CC1CCCC2(OC(O)C=CC2=O)O1. The second-order valence-electron chi connectivity index (χ2n) is 3.81. The Labute approximate surface area is 82.5 Å².